The Balaban J connectivity index is 2.32. The third-order valence-corrected chi connectivity index (χ3v) is 3.12. The first-order valence-corrected chi connectivity index (χ1v) is 4.78. The standard InChI is InChI=1S/C8H7N3S/c1-2-7-8(12-4-9-7)5-3-10-11-6(1)5/h3-4H,1-2H2,(H,10,11). The van der Waals surface area contributed by atoms with Crippen molar-refractivity contribution in [3.63, 3.8) is 0 Å². The van der Waals surface area contributed by atoms with Gasteiger partial charge in [0.2, 0.25) is 0 Å². The molecule has 0 spiro atoms. The molecule has 2 aromatic heterocycles. The summed E-state index contributed by atoms with van der Waals surface area (Å²) < 4.78 is 0. The van der Waals surface area contributed by atoms with Gasteiger partial charge < -0.3 is 0 Å². The molecule has 12 heavy (non-hydrogen) atoms. The molecule has 0 amide bonds. The lowest BCUT2D eigenvalue weighted by Gasteiger charge is -2.08. The van der Waals surface area contributed by atoms with Crippen molar-refractivity contribution in [2.75, 3.05) is 0 Å². The monoisotopic (exact) mass is 177 g/mol. The van der Waals surface area contributed by atoms with Crippen LogP contribution in [0.2, 0.25) is 0 Å². The first-order valence-electron chi connectivity index (χ1n) is 3.90. The molecule has 3 rings (SSSR count). The van der Waals surface area contributed by atoms with E-state index in [0.717, 1.165) is 12.8 Å². The number of H-pyrrole nitrogens is 1. The molecule has 0 aromatic carbocycles. The van der Waals surface area contributed by atoms with Gasteiger partial charge in [0.1, 0.15) is 0 Å². The summed E-state index contributed by atoms with van der Waals surface area (Å²) in [4.78, 5) is 5.61. The first kappa shape index (κ1) is 6.37. The molecule has 2 heterocycles. The van der Waals surface area contributed by atoms with E-state index in [9.17, 15) is 0 Å². The minimum Gasteiger partial charge on any atom is -0.282 e. The second-order valence-electron chi connectivity index (χ2n) is 2.89. The van der Waals surface area contributed by atoms with E-state index >= 15 is 0 Å². The van der Waals surface area contributed by atoms with Gasteiger partial charge in [-0.05, 0) is 12.8 Å². The second-order valence-corrected chi connectivity index (χ2v) is 3.75. The molecule has 0 atom stereocenters. The predicted molar refractivity (Wildman–Crippen MR) is 47.1 cm³/mol. The molecule has 0 unspecified atom stereocenters. The highest BCUT2D eigenvalue weighted by molar-refractivity contribution is 7.13. The number of thiazole rings is 1. The molecule has 1 aliphatic carbocycles. The van der Waals surface area contributed by atoms with Crippen LogP contribution in [-0.4, -0.2) is 15.2 Å². The number of fused-ring (bicyclic) bond motifs is 3. The van der Waals surface area contributed by atoms with Gasteiger partial charge in [-0.2, -0.15) is 5.10 Å². The fourth-order valence-electron chi connectivity index (χ4n) is 1.61. The lowest BCUT2D eigenvalue weighted by Crippen LogP contribution is -2.00. The van der Waals surface area contributed by atoms with Gasteiger partial charge in [0, 0.05) is 11.3 Å². The zero-order valence-corrected chi connectivity index (χ0v) is 7.19. The summed E-state index contributed by atoms with van der Waals surface area (Å²) in [5, 5.41) is 7.05. The van der Waals surface area contributed by atoms with E-state index in [0.29, 0.717) is 0 Å². The summed E-state index contributed by atoms with van der Waals surface area (Å²) >= 11 is 1.70. The highest BCUT2D eigenvalue weighted by Gasteiger charge is 2.19. The molecule has 0 saturated carbocycles. The third-order valence-electron chi connectivity index (χ3n) is 2.22. The van der Waals surface area contributed by atoms with Gasteiger partial charge in [-0.25, -0.2) is 4.98 Å². The topological polar surface area (TPSA) is 41.6 Å². The van der Waals surface area contributed by atoms with Crippen LogP contribution in [0, 0.1) is 0 Å². The lowest BCUT2D eigenvalue weighted by atomic mass is 10.0. The Labute approximate surface area is 73.5 Å². The van der Waals surface area contributed by atoms with Gasteiger partial charge in [-0.15, -0.1) is 11.3 Å². The van der Waals surface area contributed by atoms with E-state index in [1.165, 1.54) is 21.8 Å². The number of aromatic amines is 1. The summed E-state index contributed by atoms with van der Waals surface area (Å²) in [5.41, 5.74) is 5.65. The molecule has 0 fully saturated rings. The molecule has 0 bridgehead atoms. The summed E-state index contributed by atoms with van der Waals surface area (Å²) in [6.45, 7) is 0. The molecule has 3 nitrogen and oxygen atoms in total. The van der Waals surface area contributed by atoms with Crippen LogP contribution >= 0.6 is 11.3 Å². The van der Waals surface area contributed by atoms with E-state index in [1.54, 1.807) is 11.3 Å². The number of aromatic nitrogens is 3. The average Bonchev–Trinajstić information content (AvgIpc) is 2.71. The van der Waals surface area contributed by atoms with Crippen molar-refractivity contribution < 1.29 is 0 Å². The summed E-state index contributed by atoms with van der Waals surface area (Å²) in [6, 6.07) is 0. The molecule has 0 radical (unpaired) electrons. The summed E-state index contributed by atoms with van der Waals surface area (Å²) in [5.74, 6) is 0. The van der Waals surface area contributed by atoms with E-state index < -0.39 is 0 Å². The van der Waals surface area contributed by atoms with Gasteiger partial charge in [-0.1, -0.05) is 0 Å². The molecule has 60 valence electrons. The third kappa shape index (κ3) is 0.701. The highest BCUT2D eigenvalue weighted by Crippen LogP contribution is 2.34. The Morgan fingerprint density at radius 3 is 3.42 bits per heavy atom. The van der Waals surface area contributed by atoms with Crippen LogP contribution in [-0.2, 0) is 12.8 Å². The smallest absolute Gasteiger partial charge is 0.0801 e. The predicted octanol–water partition coefficient (Wildman–Crippen LogP) is 1.63. The number of aryl methyl sites for hydroxylation is 2. The van der Waals surface area contributed by atoms with Crippen molar-refractivity contribution in [2.45, 2.75) is 12.8 Å². The molecule has 2 aromatic rings. The number of nitrogens with one attached hydrogen (secondary N) is 1. The molecule has 4 heteroatoms. The maximum absolute atomic E-state index is 4.31. The average molecular weight is 177 g/mol. The zero-order valence-electron chi connectivity index (χ0n) is 6.37. The van der Waals surface area contributed by atoms with E-state index in [1.807, 2.05) is 11.7 Å². The zero-order chi connectivity index (χ0) is 7.97. The molecule has 0 saturated heterocycles. The van der Waals surface area contributed by atoms with E-state index in [2.05, 4.69) is 15.2 Å². The van der Waals surface area contributed by atoms with Gasteiger partial charge in [0.25, 0.3) is 0 Å². The fraction of sp³-hybridized carbons (Fsp3) is 0.250. The van der Waals surface area contributed by atoms with Gasteiger partial charge >= 0.3 is 0 Å². The molecule has 1 aliphatic rings. The number of nitrogens with zero attached hydrogens (tertiary/aromatic N) is 2. The lowest BCUT2D eigenvalue weighted by molar-refractivity contribution is 0.863. The van der Waals surface area contributed by atoms with Crippen molar-refractivity contribution >= 4 is 11.3 Å². The quantitative estimate of drug-likeness (QED) is 0.664. The van der Waals surface area contributed by atoms with Crippen molar-refractivity contribution in [3.8, 4) is 10.4 Å². The highest BCUT2D eigenvalue weighted by atomic mass is 32.1. The minimum atomic E-state index is 1.05. The van der Waals surface area contributed by atoms with Gasteiger partial charge in [0.15, 0.2) is 0 Å². The van der Waals surface area contributed by atoms with Crippen LogP contribution in [0.5, 0.6) is 0 Å². The van der Waals surface area contributed by atoms with Crippen molar-refractivity contribution in [3.05, 3.63) is 23.1 Å². The number of hydrogen-bond acceptors (Lipinski definition) is 3. The van der Waals surface area contributed by atoms with Gasteiger partial charge in [-0.3, -0.25) is 5.10 Å². The Kier molecular flexibility index (Phi) is 1.15. The Morgan fingerprint density at radius 2 is 2.42 bits per heavy atom. The second kappa shape index (κ2) is 2.17. The van der Waals surface area contributed by atoms with Crippen LogP contribution < -0.4 is 0 Å². The largest absolute Gasteiger partial charge is 0.282 e. The first-order chi connectivity index (χ1) is 5.95. The van der Waals surface area contributed by atoms with Crippen molar-refractivity contribution in [1.29, 1.82) is 0 Å². The van der Waals surface area contributed by atoms with Gasteiger partial charge in [0.05, 0.1) is 22.3 Å². The summed E-state index contributed by atoms with van der Waals surface area (Å²) in [7, 11) is 0. The molecular weight excluding hydrogens is 170 g/mol. The van der Waals surface area contributed by atoms with Crippen molar-refractivity contribution in [1.82, 2.24) is 15.2 Å². The molecular formula is C8H7N3S. The maximum Gasteiger partial charge on any atom is 0.0801 e. The number of rotatable bonds is 0. The number of hydrogen-bond donors (Lipinski definition) is 1. The van der Waals surface area contributed by atoms with Crippen LogP contribution in [0.4, 0.5) is 0 Å². The van der Waals surface area contributed by atoms with Crippen LogP contribution in [0.25, 0.3) is 10.4 Å². The normalized spacial score (nSPS) is 14.0. The van der Waals surface area contributed by atoms with Crippen LogP contribution in [0.3, 0.4) is 0 Å². The van der Waals surface area contributed by atoms with E-state index in [-0.39, 0.29) is 0 Å². The van der Waals surface area contributed by atoms with Crippen LogP contribution in [0.15, 0.2) is 11.7 Å². The fourth-order valence-corrected chi connectivity index (χ4v) is 2.49. The summed E-state index contributed by atoms with van der Waals surface area (Å²) in [6.07, 6.45) is 3.99. The Morgan fingerprint density at radius 1 is 1.42 bits per heavy atom. The molecule has 1 N–H and O–H groups in total. The Hall–Kier alpha value is -1.16. The van der Waals surface area contributed by atoms with E-state index in [4.69, 9.17) is 0 Å². The molecule has 0 aliphatic heterocycles. The Bertz CT molecular complexity index is 375. The SMILES string of the molecule is c1nc2c(s1)-c1cn[nH]c1CC2. The van der Waals surface area contributed by atoms with Crippen molar-refractivity contribution in [2.24, 2.45) is 0 Å². The minimum absolute atomic E-state index is 1.05. The van der Waals surface area contributed by atoms with Crippen LogP contribution in [0.1, 0.15) is 11.4 Å². The maximum atomic E-state index is 4.31.